The van der Waals surface area contributed by atoms with Crippen LogP contribution in [0.15, 0.2) is 40.7 Å². The van der Waals surface area contributed by atoms with Crippen LogP contribution in [0.3, 0.4) is 0 Å². The molecule has 2 N–H and O–H groups in total. The minimum absolute atomic E-state index is 0.598. The Balaban J connectivity index is 1.36. The van der Waals surface area contributed by atoms with Gasteiger partial charge in [-0.2, -0.15) is 0 Å². The van der Waals surface area contributed by atoms with Gasteiger partial charge in [-0.05, 0) is 48.1 Å². The first kappa shape index (κ1) is 17.5. The van der Waals surface area contributed by atoms with Gasteiger partial charge in [-0.3, -0.25) is 4.90 Å². The normalized spacial score (nSPS) is 18.3. The molecule has 26 heavy (non-hydrogen) atoms. The summed E-state index contributed by atoms with van der Waals surface area (Å²) in [5.74, 6) is 0.598. The molecule has 0 radical (unpaired) electrons. The lowest BCUT2D eigenvalue weighted by molar-refractivity contribution is 0.0376. The van der Waals surface area contributed by atoms with Gasteiger partial charge in [-0.15, -0.1) is 11.3 Å². The lowest BCUT2D eigenvalue weighted by Crippen LogP contribution is -2.38. The average molecular weight is 371 g/mol. The van der Waals surface area contributed by atoms with Crippen molar-refractivity contribution in [1.82, 2.24) is 4.90 Å². The summed E-state index contributed by atoms with van der Waals surface area (Å²) >= 11 is 1.62. The number of anilines is 1. The highest BCUT2D eigenvalue weighted by atomic mass is 32.1. The molecule has 0 spiro atoms. The number of ether oxygens (including phenoxy) is 1. The van der Waals surface area contributed by atoms with Crippen LogP contribution in [0.25, 0.3) is 0 Å². The van der Waals surface area contributed by atoms with E-state index in [1.54, 1.807) is 11.3 Å². The standard InChI is InChI=1S/C20H26N4OS/c21-20(19-3-1-14-26-19)22-17-4-5-18-16(15-17)6-9-24(18)8-2-7-23-10-12-25-13-11-23/h1,3-5,14-15H,2,6-13H2,(H2,21,22). The van der Waals surface area contributed by atoms with E-state index in [0.29, 0.717) is 5.84 Å². The fourth-order valence-corrected chi connectivity index (χ4v) is 4.31. The molecular weight excluding hydrogens is 344 g/mol. The van der Waals surface area contributed by atoms with Crippen LogP contribution >= 0.6 is 11.3 Å². The first-order valence-electron chi connectivity index (χ1n) is 9.35. The van der Waals surface area contributed by atoms with Gasteiger partial charge in [-0.25, -0.2) is 4.99 Å². The van der Waals surface area contributed by atoms with Crippen LogP contribution in [0, 0.1) is 0 Å². The van der Waals surface area contributed by atoms with Gasteiger partial charge in [0.2, 0.25) is 0 Å². The summed E-state index contributed by atoms with van der Waals surface area (Å²) in [6, 6.07) is 10.5. The molecule has 0 unspecified atom stereocenters. The van der Waals surface area contributed by atoms with Crippen LogP contribution in [0.1, 0.15) is 16.9 Å². The minimum atomic E-state index is 0.598. The Labute approximate surface area is 159 Å². The van der Waals surface area contributed by atoms with Gasteiger partial charge in [0.15, 0.2) is 0 Å². The summed E-state index contributed by atoms with van der Waals surface area (Å²) in [6.07, 6.45) is 2.29. The number of fused-ring (bicyclic) bond motifs is 1. The quantitative estimate of drug-likeness (QED) is 0.628. The zero-order valence-electron chi connectivity index (χ0n) is 15.1. The lowest BCUT2D eigenvalue weighted by Gasteiger charge is -2.27. The Bertz CT molecular complexity index is 753. The fraction of sp³-hybridized carbons (Fsp3) is 0.450. The van der Waals surface area contributed by atoms with Crippen molar-refractivity contribution in [2.45, 2.75) is 12.8 Å². The molecule has 6 heteroatoms. The molecule has 0 amide bonds. The van der Waals surface area contributed by atoms with Gasteiger partial charge >= 0.3 is 0 Å². The highest BCUT2D eigenvalue weighted by molar-refractivity contribution is 7.12. The van der Waals surface area contributed by atoms with Crippen LogP contribution in [0.4, 0.5) is 11.4 Å². The molecule has 2 aliphatic rings. The molecular formula is C20H26N4OS. The molecule has 0 bridgehead atoms. The van der Waals surface area contributed by atoms with Gasteiger partial charge in [0.1, 0.15) is 5.84 Å². The highest BCUT2D eigenvalue weighted by Crippen LogP contribution is 2.31. The largest absolute Gasteiger partial charge is 0.383 e. The van der Waals surface area contributed by atoms with Crippen LogP contribution in [0.5, 0.6) is 0 Å². The van der Waals surface area contributed by atoms with Crippen molar-refractivity contribution < 1.29 is 4.74 Å². The topological polar surface area (TPSA) is 54.1 Å². The van der Waals surface area contributed by atoms with Crippen molar-refractivity contribution in [2.24, 2.45) is 10.7 Å². The molecule has 1 aromatic heterocycles. The zero-order chi connectivity index (χ0) is 17.8. The number of rotatable bonds is 6. The molecule has 0 aliphatic carbocycles. The molecule has 0 saturated carbocycles. The third-order valence-electron chi connectivity index (χ3n) is 5.08. The second-order valence-corrected chi connectivity index (χ2v) is 7.78. The Morgan fingerprint density at radius 2 is 2.04 bits per heavy atom. The molecule has 2 aliphatic heterocycles. The zero-order valence-corrected chi connectivity index (χ0v) is 15.9. The molecule has 2 aromatic rings. The smallest absolute Gasteiger partial charge is 0.141 e. The lowest BCUT2D eigenvalue weighted by atomic mass is 10.1. The van der Waals surface area contributed by atoms with Crippen molar-refractivity contribution >= 4 is 28.5 Å². The molecule has 1 aromatic carbocycles. The number of aliphatic imine (C=N–C) groups is 1. The number of thiophene rings is 1. The maximum Gasteiger partial charge on any atom is 0.141 e. The Morgan fingerprint density at radius 3 is 2.85 bits per heavy atom. The van der Waals surface area contributed by atoms with Gasteiger partial charge in [0, 0.05) is 38.4 Å². The van der Waals surface area contributed by atoms with Crippen molar-refractivity contribution in [1.29, 1.82) is 0 Å². The maximum absolute atomic E-state index is 6.12. The molecule has 138 valence electrons. The Hall–Kier alpha value is -1.89. The monoisotopic (exact) mass is 370 g/mol. The first-order chi connectivity index (χ1) is 12.8. The summed E-state index contributed by atoms with van der Waals surface area (Å²) in [4.78, 5) is 10.6. The number of nitrogens with two attached hydrogens (primary N) is 1. The average Bonchev–Trinajstić information content (AvgIpc) is 3.33. The second-order valence-electron chi connectivity index (χ2n) is 6.83. The number of nitrogens with zero attached hydrogens (tertiary/aromatic N) is 3. The third kappa shape index (κ3) is 4.09. The first-order valence-corrected chi connectivity index (χ1v) is 10.2. The van der Waals surface area contributed by atoms with Crippen molar-refractivity contribution in [3.8, 4) is 0 Å². The van der Waals surface area contributed by atoms with E-state index in [-0.39, 0.29) is 0 Å². The third-order valence-corrected chi connectivity index (χ3v) is 5.98. The van der Waals surface area contributed by atoms with Crippen molar-refractivity contribution in [2.75, 3.05) is 50.8 Å². The summed E-state index contributed by atoms with van der Waals surface area (Å²) in [6.45, 7) is 7.29. The van der Waals surface area contributed by atoms with E-state index in [1.807, 2.05) is 17.5 Å². The summed E-state index contributed by atoms with van der Waals surface area (Å²) in [5.41, 5.74) is 9.81. The highest BCUT2D eigenvalue weighted by Gasteiger charge is 2.19. The van der Waals surface area contributed by atoms with E-state index >= 15 is 0 Å². The van der Waals surface area contributed by atoms with E-state index in [4.69, 9.17) is 10.5 Å². The number of amidine groups is 1. The maximum atomic E-state index is 6.12. The molecule has 5 nitrogen and oxygen atoms in total. The summed E-state index contributed by atoms with van der Waals surface area (Å²) in [5, 5.41) is 2.02. The molecule has 3 heterocycles. The van der Waals surface area contributed by atoms with Crippen LogP contribution in [0.2, 0.25) is 0 Å². The number of hydrogen-bond acceptors (Lipinski definition) is 5. The predicted octanol–water partition coefficient (Wildman–Crippen LogP) is 2.87. The van der Waals surface area contributed by atoms with Gasteiger partial charge in [0.25, 0.3) is 0 Å². The van der Waals surface area contributed by atoms with Crippen LogP contribution in [-0.2, 0) is 11.2 Å². The van der Waals surface area contributed by atoms with E-state index in [9.17, 15) is 0 Å². The van der Waals surface area contributed by atoms with E-state index in [2.05, 4.69) is 33.0 Å². The van der Waals surface area contributed by atoms with Crippen molar-refractivity contribution in [3.05, 3.63) is 46.2 Å². The van der Waals surface area contributed by atoms with Crippen molar-refractivity contribution in [3.63, 3.8) is 0 Å². The van der Waals surface area contributed by atoms with Crippen LogP contribution in [-0.4, -0.2) is 56.7 Å². The van der Waals surface area contributed by atoms with Gasteiger partial charge < -0.3 is 15.4 Å². The fourth-order valence-electron chi connectivity index (χ4n) is 3.69. The van der Waals surface area contributed by atoms with Gasteiger partial charge in [0.05, 0.1) is 23.8 Å². The molecule has 1 fully saturated rings. The molecule has 0 atom stereocenters. The Kier molecular flexibility index (Phi) is 5.53. The van der Waals surface area contributed by atoms with Gasteiger partial charge in [-0.1, -0.05) is 6.07 Å². The van der Waals surface area contributed by atoms with Crippen LogP contribution < -0.4 is 10.6 Å². The second kappa shape index (κ2) is 8.20. The number of hydrogen-bond donors (Lipinski definition) is 1. The molecule has 4 rings (SSSR count). The predicted molar refractivity (Wildman–Crippen MR) is 109 cm³/mol. The molecule has 1 saturated heterocycles. The Morgan fingerprint density at radius 1 is 1.15 bits per heavy atom. The summed E-state index contributed by atoms with van der Waals surface area (Å²) in [7, 11) is 0. The van der Waals surface area contributed by atoms with E-state index in [1.165, 1.54) is 17.7 Å². The minimum Gasteiger partial charge on any atom is -0.383 e. The van der Waals surface area contributed by atoms with E-state index < -0.39 is 0 Å². The number of benzene rings is 1. The SMILES string of the molecule is NC(=Nc1ccc2c(c1)CCN2CCCN1CCOCC1)c1cccs1. The summed E-state index contributed by atoms with van der Waals surface area (Å²) < 4.78 is 5.42. The van der Waals surface area contributed by atoms with E-state index in [0.717, 1.165) is 62.9 Å². The number of morpholine rings is 1.